The molecule has 2 heterocycles. The van der Waals surface area contributed by atoms with Crippen LogP contribution in [-0.4, -0.2) is 42.1 Å². The molecule has 2 aromatic rings. The lowest BCUT2D eigenvalue weighted by atomic mass is 10.2. The summed E-state index contributed by atoms with van der Waals surface area (Å²) in [6.45, 7) is 2.33. The molecule has 0 atom stereocenters. The van der Waals surface area contributed by atoms with E-state index in [1.165, 1.54) is 0 Å². The fourth-order valence-corrected chi connectivity index (χ4v) is 2.61. The van der Waals surface area contributed by atoms with Crippen molar-refractivity contribution >= 4 is 40.5 Å². The maximum Gasteiger partial charge on any atom is 0.272 e. The number of nitrogens with one attached hydrogen (secondary N) is 1. The van der Waals surface area contributed by atoms with Gasteiger partial charge in [0.25, 0.3) is 5.91 Å². The van der Waals surface area contributed by atoms with Crippen LogP contribution in [0.2, 0.25) is 10.0 Å². The smallest absolute Gasteiger partial charge is 0.272 e. The Kier molecular flexibility index (Phi) is 5.00. The molecule has 23 heavy (non-hydrogen) atoms. The van der Waals surface area contributed by atoms with Crippen LogP contribution >= 0.6 is 23.2 Å². The van der Waals surface area contributed by atoms with Crippen molar-refractivity contribution in [3.05, 3.63) is 52.3 Å². The molecule has 1 amide bonds. The van der Waals surface area contributed by atoms with E-state index >= 15 is 0 Å². The number of aromatic nitrogens is 1. The first-order valence-corrected chi connectivity index (χ1v) is 7.94. The number of hydrogen-bond acceptors (Lipinski definition) is 4. The van der Waals surface area contributed by atoms with Gasteiger partial charge in [0, 0.05) is 18.1 Å². The van der Waals surface area contributed by atoms with Crippen LogP contribution in [0.1, 0.15) is 10.5 Å². The molecule has 1 aliphatic heterocycles. The van der Waals surface area contributed by atoms with Crippen molar-refractivity contribution in [3.63, 3.8) is 0 Å². The molecule has 120 valence electrons. The van der Waals surface area contributed by atoms with Crippen molar-refractivity contribution in [3.8, 4) is 0 Å². The maximum atomic E-state index is 12.3. The molecule has 0 spiro atoms. The fraction of sp³-hybridized carbons (Fsp3) is 0.250. The molecular weight excluding hydrogens is 337 g/mol. The molecule has 7 heteroatoms. The third-order valence-corrected chi connectivity index (χ3v) is 4.05. The Morgan fingerprint density at radius 2 is 1.96 bits per heavy atom. The SMILES string of the molecule is O=C(c1ccc(Nc2cc(Cl)ccc2Cl)cn1)N1CCOCC1. The van der Waals surface area contributed by atoms with Gasteiger partial charge in [0.05, 0.1) is 35.8 Å². The second kappa shape index (κ2) is 7.17. The highest BCUT2D eigenvalue weighted by Crippen LogP contribution is 2.28. The first kappa shape index (κ1) is 16.1. The molecule has 1 aromatic heterocycles. The van der Waals surface area contributed by atoms with E-state index < -0.39 is 0 Å². The van der Waals surface area contributed by atoms with Gasteiger partial charge in [-0.1, -0.05) is 23.2 Å². The molecule has 5 nitrogen and oxygen atoms in total. The second-order valence-corrected chi connectivity index (χ2v) is 5.93. The topological polar surface area (TPSA) is 54.5 Å². The Morgan fingerprint density at radius 3 is 2.65 bits per heavy atom. The molecule has 1 saturated heterocycles. The third-order valence-electron chi connectivity index (χ3n) is 3.49. The number of amides is 1. The van der Waals surface area contributed by atoms with Crippen LogP contribution in [0, 0.1) is 0 Å². The molecule has 0 radical (unpaired) electrons. The van der Waals surface area contributed by atoms with Crippen LogP contribution in [0.5, 0.6) is 0 Å². The number of rotatable bonds is 3. The second-order valence-electron chi connectivity index (χ2n) is 5.09. The van der Waals surface area contributed by atoms with Crippen LogP contribution in [0.3, 0.4) is 0 Å². The minimum Gasteiger partial charge on any atom is -0.378 e. The number of morpholine rings is 1. The first-order chi connectivity index (χ1) is 11.1. The summed E-state index contributed by atoms with van der Waals surface area (Å²) >= 11 is 12.1. The number of carbonyl (C=O) groups excluding carboxylic acids is 1. The summed E-state index contributed by atoms with van der Waals surface area (Å²) in [6.07, 6.45) is 1.60. The molecule has 3 rings (SSSR count). The van der Waals surface area contributed by atoms with Crippen molar-refractivity contribution in [2.75, 3.05) is 31.6 Å². The Balaban J connectivity index is 1.71. The molecule has 0 saturated carbocycles. The molecule has 0 aliphatic carbocycles. The summed E-state index contributed by atoms with van der Waals surface area (Å²) in [6, 6.07) is 8.65. The van der Waals surface area contributed by atoms with Gasteiger partial charge in [0.15, 0.2) is 0 Å². The predicted molar refractivity (Wildman–Crippen MR) is 90.7 cm³/mol. The van der Waals surface area contributed by atoms with Crippen LogP contribution in [-0.2, 0) is 4.74 Å². The van der Waals surface area contributed by atoms with Gasteiger partial charge < -0.3 is 15.0 Å². The van der Waals surface area contributed by atoms with Crippen molar-refractivity contribution in [2.45, 2.75) is 0 Å². The van der Waals surface area contributed by atoms with E-state index in [4.69, 9.17) is 27.9 Å². The summed E-state index contributed by atoms with van der Waals surface area (Å²) < 4.78 is 5.24. The van der Waals surface area contributed by atoms with Crippen molar-refractivity contribution in [2.24, 2.45) is 0 Å². The minimum atomic E-state index is -0.0827. The highest BCUT2D eigenvalue weighted by molar-refractivity contribution is 6.35. The normalized spacial score (nSPS) is 14.6. The number of hydrogen-bond donors (Lipinski definition) is 1. The highest BCUT2D eigenvalue weighted by Gasteiger charge is 2.19. The zero-order chi connectivity index (χ0) is 16.2. The van der Waals surface area contributed by atoms with Crippen LogP contribution in [0.4, 0.5) is 11.4 Å². The van der Waals surface area contributed by atoms with Crippen molar-refractivity contribution in [1.82, 2.24) is 9.88 Å². The monoisotopic (exact) mass is 351 g/mol. The Labute approximate surface area is 144 Å². The van der Waals surface area contributed by atoms with Crippen molar-refractivity contribution in [1.29, 1.82) is 0 Å². The largest absolute Gasteiger partial charge is 0.378 e. The van der Waals surface area contributed by atoms with Gasteiger partial charge in [-0.2, -0.15) is 0 Å². The number of anilines is 2. The lowest BCUT2D eigenvalue weighted by Gasteiger charge is -2.26. The molecule has 0 unspecified atom stereocenters. The first-order valence-electron chi connectivity index (χ1n) is 7.18. The van der Waals surface area contributed by atoms with Gasteiger partial charge in [0.2, 0.25) is 0 Å². The van der Waals surface area contributed by atoms with E-state index in [2.05, 4.69) is 10.3 Å². The lowest BCUT2D eigenvalue weighted by molar-refractivity contribution is 0.0299. The Hall–Kier alpha value is -1.82. The predicted octanol–water partition coefficient (Wildman–Crippen LogP) is 3.60. The molecule has 0 bridgehead atoms. The van der Waals surface area contributed by atoms with Crippen LogP contribution in [0.25, 0.3) is 0 Å². The van der Waals surface area contributed by atoms with E-state index in [0.717, 1.165) is 5.69 Å². The molecule has 1 N–H and O–H groups in total. The third kappa shape index (κ3) is 3.93. The number of carbonyl (C=O) groups is 1. The summed E-state index contributed by atoms with van der Waals surface area (Å²) in [5.74, 6) is -0.0827. The van der Waals surface area contributed by atoms with Gasteiger partial charge in [-0.05, 0) is 30.3 Å². The van der Waals surface area contributed by atoms with E-state index in [0.29, 0.717) is 47.7 Å². The number of ether oxygens (including phenoxy) is 1. The lowest BCUT2D eigenvalue weighted by Crippen LogP contribution is -2.41. The fourth-order valence-electron chi connectivity index (χ4n) is 2.27. The highest BCUT2D eigenvalue weighted by atomic mass is 35.5. The van der Waals surface area contributed by atoms with Gasteiger partial charge in [-0.25, -0.2) is 4.98 Å². The Morgan fingerprint density at radius 1 is 1.17 bits per heavy atom. The summed E-state index contributed by atoms with van der Waals surface area (Å²) in [5, 5.41) is 4.28. The number of pyridine rings is 1. The average molecular weight is 352 g/mol. The zero-order valence-corrected chi connectivity index (χ0v) is 13.8. The van der Waals surface area contributed by atoms with Gasteiger partial charge in [-0.15, -0.1) is 0 Å². The van der Waals surface area contributed by atoms with Crippen LogP contribution in [0.15, 0.2) is 36.5 Å². The number of halogens is 2. The minimum absolute atomic E-state index is 0.0827. The number of benzene rings is 1. The van der Waals surface area contributed by atoms with E-state index in [9.17, 15) is 4.79 Å². The quantitative estimate of drug-likeness (QED) is 0.917. The summed E-state index contributed by atoms with van der Waals surface area (Å²) in [7, 11) is 0. The summed E-state index contributed by atoms with van der Waals surface area (Å²) in [4.78, 5) is 18.3. The number of nitrogens with zero attached hydrogens (tertiary/aromatic N) is 2. The molecule has 1 aliphatic rings. The van der Waals surface area contributed by atoms with Crippen molar-refractivity contribution < 1.29 is 9.53 Å². The average Bonchev–Trinajstić information content (AvgIpc) is 2.59. The van der Waals surface area contributed by atoms with Gasteiger partial charge in [-0.3, -0.25) is 4.79 Å². The summed E-state index contributed by atoms with van der Waals surface area (Å²) in [5.41, 5.74) is 1.83. The van der Waals surface area contributed by atoms with E-state index in [-0.39, 0.29) is 5.91 Å². The van der Waals surface area contributed by atoms with E-state index in [1.54, 1.807) is 41.4 Å². The molecule has 1 fully saturated rings. The maximum absolute atomic E-state index is 12.3. The van der Waals surface area contributed by atoms with E-state index in [1.807, 2.05) is 0 Å². The van der Waals surface area contributed by atoms with Gasteiger partial charge >= 0.3 is 0 Å². The Bertz CT molecular complexity index is 701. The zero-order valence-electron chi connectivity index (χ0n) is 12.3. The van der Waals surface area contributed by atoms with Crippen LogP contribution < -0.4 is 5.32 Å². The standard InChI is InChI=1S/C16H15Cl2N3O2/c17-11-1-3-13(18)15(9-11)20-12-2-4-14(19-10-12)16(22)21-5-7-23-8-6-21/h1-4,9-10,20H,5-8H2. The molecular formula is C16H15Cl2N3O2. The molecule has 1 aromatic carbocycles. The van der Waals surface area contributed by atoms with Gasteiger partial charge in [0.1, 0.15) is 5.69 Å².